The molecule has 0 saturated heterocycles. The fraction of sp³-hybridized carbons (Fsp3) is 0.375. The van der Waals surface area contributed by atoms with Gasteiger partial charge in [0.2, 0.25) is 11.8 Å². The molecule has 0 fully saturated rings. The smallest absolute Gasteiger partial charge is 0.301 e. The summed E-state index contributed by atoms with van der Waals surface area (Å²) in [6.45, 7) is 0. The number of nitrogens with zero attached hydrogens (tertiary/aromatic N) is 4. The Morgan fingerprint density at radius 2 is 1.33 bits per heavy atom. The Morgan fingerprint density at radius 3 is 1.70 bits per heavy atom. The van der Waals surface area contributed by atoms with E-state index in [1.54, 1.807) is 18.3 Å². The molecule has 2 aromatic rings. The second kappa shape index (κ2) is 14.1. The summed E-state index contributed by atoms with van der Waals surface area (Å²) < 4.78 is 58.9. The zero-order valence-electron chi connectivity index (χ0n) is 18.6. The standard InChI is InChI=1S/C8H12BrN3O3S.C6H7BrN2O.C2H6ClNO2S/c1-12(2)16(13,14)11-7-4-6(9)5-10-8(7)15-3;1-10-6-5(8)2-4(7)3-9-6;1-4(2)7(3,5)6/h4-5,11H,1-3H3;2-3H,8H2,1H3;1-2H3. The van der Waals surface area contributed by atoms with Gasteiger partial charge in [-0.25, -0.2) is 9.97 Å². The molecule has 0 unspecified atom stereocenters. The van der Waals surface area contributed by atoms with Crippen LogP contribution in [0.1, 0.15) is 0 Å². The Kier molecular flexibility index (Phi) is 13.5. The van der Waals surface area contributed by atoms with E-state index < -0.39 is 19.4 Å². The van der Waals surface area contributed by atoms with Gasteiger partial charge in [0.25, 0.3) is 9.24 Å². The van der Waals surface area contributed by atoms with Crippen LogP contribution in [0.15, 0.2) is 33.5 Å². The number of nitrogen functional groups attached to an aromatic ring is 1. The van der Waals surface area contributed by atoms with Crippen molar-refractivity contribution in [3.05, 3.63) is 33.5 Å². The first-order chi connectivity index (χ1) is 15.0. The number of nitrogens with two attached hydrogens (primary N) is 1. The highest BCUT2D eigenvalue weighted by Crippen LogP contribution is 2.26. The topological polar surface area (TPSA) is 157 Å². The molecule has 2 aromatic heterocycles. The zero-order valence-corrected chi connectivity index (χ0v) is 24.1. The normalized spacial score (nSPS) is 11.1. The molecule has 12 nitrogen and oxygen atoms in total. The monoisotopic (exact) mass is 654 g/mol. The van der Waals surface area contributed by atoms with Gasteiger partial charge in [0, 0.05) is 60.2 Å². The van der Waals surface area contributed by atoms with Crippen LogP contribution in [0.2, 0.25) is 0 Å². The quantitative estimate of drug-likeness (QED) is 0.446. The molecule has 0 aromatic carbocycles. The van der Waals surface area contributed by atoms with E-state index in [0.29, 0.717) is 16.0 Å². The molecule has 33 heavy (non-hydrogen) atoms. The van der Waals surface area contributed by atoms with Crippen molar-refractivity contribution >= 4 is 73.4 Å². The van der Waals surface area contributed by atoms with Gasteiger partial charge < -0.3 is 15.2 Å². The van der Waals surface area contributed by atoms with Crippen molar-refractivity contribution in [2.75, 3.05) is 52.9 Å². The molecular formula is C16H25Br2ClN6O6S2. The predicted molar refractivity (Wildman–Crippen MR) is 136 cm³/mol. The maximum atomic E-state index is 11.6. The van der Waals surface area contributed by atoms with E-state index in [1.165, 1.54) is 48.6 Å². The number of halogens is 3. The molecule has 17 heteroatoms. The van der Waals surface area contributed by atoms with Crippen molar-refractivity contribution in [3.63, 3.8) is 0 Å². The number of hydrogen-bond donors (Lipinski definition) is 2. The summed E-state index contributed by atoms with van der Waals surface area (Å²) in [7, 11) is 6.32. The van der Waals surface area contributed by atoms with Crippen molar-refractivity contribution in [2.45, 2.75) is 0 Å². The van der Waals surface area contributed by atoms with Crippen LogP contribution in [0.4, 0.5) is 11.4 Å². The van der Waals surface area contributed by atoms with Crippen LogP contribution in [-0.2, 0) is 19.4 Å². The Hall–Kier alpha value is -1.43. The second-order valence-corrected chi connectivity index (χ2v) is 12.5. The van der Waals surface area contributed by atoms with Crippen LogP contribution >= 0.6 is 42.5 Å². The minimum Gasteiger partial charge on any atom is -0.480 e. The minimum absolute atomic E-state index is 0.216. The van der Waals surface area contributed by atoms with Crippen LogP contribution in [0.25, 0.3) is 0 Å². The summed E-state index contributed by atoms with van der Waals surface area (Å²) in [4.78, 5) is 7.83. The van der Waals surface area contributed by atoms with Gasteiger partial charge in [0.05, 0.1) is 19.9 Å². The van der Waals surface area contributed by atoms with Gasteiger partial charge in [-0.3, -0.25) is 4.72 Å². The summed E-state index contributed by atoms with van der Waals surface area (Å²) in [6, 6.07) is 3.32. The third-order valence-corrected chi connectivity index (χ3v) is 7.21. The number of aromatic nitrogens is 2. The average Bonchev–Trinajstić information content (AvgIpc) is 2.68. The van der Waals surface area contributed by atoms with E-state index in [2.05, 4.69) is 46.5 Å². The molecule has 2 heterocycles. The van der Waals surface area contributed by atoms with E-state index in [-0.39, 0.29) is 11.6 Å². The molecule has 3 N–H and O–H groups in total. The highest BCUT2D eigenvalue weighted by Gasteiger charge is 2.16. The second-order valence-electron chi connectivity index (χ2n) is 6.08. The van der Waals surface area contributed by atoms with Crippen LogP contribution in [-0.4, -0.2) is 77.8 Å². The lowest BCUT2D eigenvalue weighted by Crippen LogP contribution is -2.29. The Morgan fingerprint density at radius 1 is 0.909 bits per heavy atom. The fourth-order valence-corrected chi connectivity index (χ4v) is 2.79. The van der Waals surface area contributed by atoms with Crippen LogP contribution < -0.4 is 19.9 Å². The van der Waals surface area contributed by atoms with E-state index >= 15 is 0 Å². The maximum Gasteiger partial charge on any atom is 0.301 e. The molecule has 0 aliphatic rings. The van der Waals surface area contributed by atoms with Gasteiger partial charge in [-0.05, 0) is 44.0 Å². The number of hydrogen-bond acceptors (Lipinski definition) is 9. The van der Waals surface area contributed by atoms with E-state index in [9.17, 15) is 16.8 Å². The number of pyridine rings is 2. The zero-order chi connectivity index (χ0) is 26.0. The highest BCUT2D eigenvalue weighted by molar-refractivity contribution is 9.10. The molecule has 0 radical (unpaired) electrons. The number of methoxy groups -OCH3 is 2. The summed E-state index contributed by atoms with van der Waals surface area (Å²) in [5.74, 6) is 0.678. The number of anilines is 2. The van der Waals surface area contributed by atoms with Crippen LogP contribution in [0.5, 0.6) is 11.8 Å². The number of ether oxygens (including phenoxy) is 2. The van der Waals surface area contributed by atoms with E-state index in [1.807, 2.05) is 0 Å². The molecule has 0 bridgehead atoms. The third-order valence-electron chi connectivity index (χ3n) is 3.21. The first kappa shape index (κ1) is 31.6. The summed E-state index contributed by atoms with van der Waals surface area (Å²) >= 11 is 6.43. The lowest BCUT2D eigenvalue weighted by molar-refractivity contribution is 0.400. The third kappa shape index (κ3) is 12.0. The minimum atomic E-state index is -3.56. The Balaban J connectivity index is 0.000000514. The lowest BCUT2D eigenvalue weighted by atomic mass is 10.4. The molecule has 188 valence electrons. The summed E-state index contributed by atoms with van der Waals surface area (Å²) in [6.07, 6.45) is 3.15. The largest absolute Gasteiger partial charge is 0.480 e. The van der Waals surface area contributed by atoms with Crippen molar-refractivity contribution in [1.82, 2.24) is 18.6 Å². The van der Waals surface area contributed by atoms with Gasteiger partial charge in [-0.2, -0.15) is 25.4 Å². The van der Waals surface area contributed by atoms with Gasteiger partial charge in [0.15, 0.2) is 0 Å². The first-order valence-corrected chi connectivity index (χ1v) is 13.8. The lowest BCUT2D eigenvalue weighted by Gasteiger charge is -2.14. The predicted octanol–water partition coefficient (Wildman–Crippen LogP) is 2.54. The molecule has 0 aliphatic heterocycles. The molecule has 0 amide bonds. The Bertz CT molecular complexity index is 1120. The molecule has 2 rings (SSSR count). The van der Waals surface area contributed by atoms with Gasteiger partial charge in [0.1, 0.15) is 5.69 Å². The maximum absolute atomic E-state index is 11.6. The van der Waals surface area contributed by atoms with Crippen molar-refractivity contribution < 1.29 is 26.3 Å². The van der Waals surface area contributed by atoms with E-state index in [4.69, 9.17) is 25.9 Å². The summed E-state index contributed by atoms with van der Waals surface area (Å²) in [5.41, 5.74) is 6.34. The average molecular weight is 657 g/mol. The van der Waals surface area contributed by atoms with Crippen molar-refractivity contribution in [3.8, 4) is 11.8 Å². The number of rotatable bonds is 6. The first-order valence-electron chi connectivity index (χ1n) is 8.52. The Labute approximate surface area is 215 Å². The van der Waals surface area contributed by atoms with Crippen molar-refractivity contribution in [1.29, 1.82) is 0 Å². The van der Waals surface area contributed by atoms with Gasteiger partial charge in [-0.15, -0.1) is 0 Å². The van der Waals surface area contributed by atoms with Crippen molar-refractivity contribution in [2.24, 2.45) is 0 Å². The van der Waals surface area contributed by atoms with Gasteiger partial charge >= 0.3 is 10.2 Å². The van der Waals surface area contributed by atoms with Crippen LogP contribution in [0.3, 0.4) is 0 Å². The highest BCUT2D eigenvalue weighted by atomic mass is 79.9. The van der Waals surface area contributed by atoms with Gasteiger partial charge in [-0.1, -0.05) is 0 Å². The molecule has 0 aliphatic carbocycles. The van der Waals surface area contributed by atoms with E-state index in [0.717, 1.165) is 13.1 Å². The SMILES string of the molecule is CN(C)S(=O)(=O)Cl.COc1ncc(Br)cc1N.COc1ncc(Br)cc1NS(=O)(=O)N(C)C. The fourth-order valence-electron chi connectivity index (χ4n) is 1.51. The number of nitrogens with one attached hydrogen (secondary N) is 1. The van der Waals surface area contributed by atoms with Crippen LogP contribution in [0, 0.1) is 0 Å². The molecule has 0 spiro atoms. The summed E-state index contributed by atoms with van der Waals surface area (Å²) in [5, 5.41) is 0. The molecular weight excluding hydrogens is 632 g/mol. The molecule has 0 saturated carbocycles. The molecule has 0 atom stereocenters.